The molecule has 192 valence electrons. The van der Waals surface area contributed by atoms with E-state index in [-0.39, 0.29) is 23.6 Å². The fourth-order valence-electron chi connectivity index (χ4n) is 5.58. The average molecular weight is 503 g/mol. The molecule has 37 heavy (non-hydrogen) atoms. The van der Waals surface area contributed by atoms with Crippen molar-refractivity contribution >= 4 is 28.4 Å². The van der Waals surface area contributed by atoms with Crippen LogP contribution < -0.4 is 10.6 Å². The van der Waals surface area contributed by atoms with Crippen LogP contribution in [0.5, 0.6) is 0 Å². The van der Waals surface area contributed by atoms with E-state index >= 15 is 0 Å². The number of carbonyl (C=O) groups excluding carboxylic acids is 1. The lowest BCUT2D eigenvalue weighted by molar-refractivity contribution is 0.0607. The van der Waals surface area contributed by atoms with Gasteiger partial charge in [0.2, 0.25) is 0 Å². The van der Waals surface area contributed by atoms with Gasteiger partial charge in [0, 0.05) is 49.6 Å². The highest BCUT2D eigenvalue weighted by molar-refractivity contribution is 6.05. The van der Waals surface area contributed by atoms with Gasteiger partial charge in [-0.25, -0.2) is 23.9 Å². The number of likely N-dealkylation sites (tertiary alicyclic amines) is 1. The lowest BCUT2D eigenvalue weighted by Gasteiger charge is -2.35. The number of fused-ring (bicyclic) bond motifs is 2. The monoisotopic (exact) mass is 502 g/mol. The molecule has 0 unspecified atom stereocenters. The second-order valence-corrected chi connectivity index (χ2v) is 10.3. The van der Waals surface area contributed by atoms with Crippen molar-refractivity contribution in [2.45, 2.75) is 58.5 Å². The van der Waals surface area contributed by atoms with Gasteiger partial charge in [0.25, 0.3) is 5.91 Å². The molecule has 3 aromatic heterocycles. The molecule has 10 heteroatoms. The molecule has 4 aromatic rings. The number of carbonyl (C=O) groups is 1. The van der Waals surface area contributed by atoms with Gasteiger partial charge in [0.1, 0.15) is 17.2 Å². The summed E-state index contributed by atoms with van der Waals surface area (Å²) >= 11 is 0. The third-order valence-corrected chi connectivity index (χ3v) is 7.63. The van der Waals surface area contributed by atoms with Gasteiger partial charge in [-0.1, -0.05) is 0 Å². The largest absolute Gasteiger partial charge is 0.355 e. The summed E-state index contributed by atoms with van der Waals surface area (Å²) in [5.74, 6) is 0.183. The van der Waals surface area contributed by atoms with Crippen LogP contribution in [-0.2, 0) is 0 Å². The summed E-state index contributed by atoms with van der Waals surface area (Å²) < 4.78 is 16.4. The van der Waals surface area contributed by atoms with Crippen LogP contribution in [0.4, 0.5) is 10.2 Å². The molecule has 0 aliphatic carbocycles. The molecular weight excluding hydrogens is 471 g/mol. The van der Waals surface area contributed by atoms with Gasteiger partial charge in [-0.15, -0.1) is 0 Å². The molecule has 2 N–H and O–H groups in total. The zero-order valence-corrected chi connectivity index (χ0v) is 21.4. The highest BCUT2D eigenvalue weighted by Gasteiger charge is 2.32. The van der Waals surface area contributed by atoms with Crippen molar-refractivity contribution in [1.29, 1.82) is 0 Å². The Balaban J connectivity index is 1.38. The van der Waals surface area contributed by atoms with Gasteiger partial charge in [0.05, 0.1) is 34.2 Å². The molecule has 0 radical (unpaired) electrons. The first-order valence-corrected chi connectivity index (χ1v) is 12.9. The maximum atomic E-state index is 14.6. The van der Waals surface area contributed by atoms with Gasteiger partial charge in [0.15, 0.2) is 5.65 Å². The SMILES string of the molecule is Cc1cn2nc([C@@H]3CCCCN3C(=O)c3cc(F)cc4nc(C)c(C)nc34)cc2nc1N1CC[C@H](N)C1. The van der Waals surface area contributed by atoms with Crippen molar-refractivity contribution in [1.82, 2.24) is 29.5 Å². The molecule has 1 aromatic carbocycles. The minimum absolute atomic E-state index is 0.163. The smallest absolute Gasteiger partial charge is 0.256 e. The highest BCUT2D eigenvalue weighted by atomic mass is 19.1. The number of amides is 1. The van der Waals surface area contributed by atoms with Gasteiger partial charge in [-0.2, -0.15) is 5.10 Å². The lowest BCUT2D eigenvalue weighted by Crippen LogP contribution is -2.39. The number of rotatable bonds is 3. The number of hydrogen-bond donors (Lipinski definition) is 1. The van der Waals surface area contributed by atoms with Gasteiger partial charge >= 0.3 is 0 Å². The fraction of sp³-hybridized carbons (Fsp3) is 0.444. The van der Waals surface area contributed by atoms with Crippen molar-refractivity contribution in [2.75, 3.05) is 24.5 Å². The normalized spacial score (nSPS) is 20.4. The van der Waals surface area contributed by atoms with Gasteiger partial charge in [-0.05, 0) is 52.5 Å². The van der Waals surface area contributed by atoms with Crippen LogP contribution >= 0.6 is 0 Å². The molecule has 0 saturated carbocycles. The van der Waals surface area contributed by atoms with E-state index in [2.05, 4.69) is 14.9 Å². The minimum Gasteiger partial charge on any atom is -0.355 e. The predicted octanol–water partition coefficient (Wildman–Crippen LogP) is 3.64. The van der Waals surface area contributed by atoms with Crippen molar-refractivity contribution in [3.63, 3.8) is 0 Å². The molecular formula is C27H31FN8O. The fourth-order valence-corrected chi connectivity index (χ4v) is 5.58. The Morgan fingerprint density at radius 2 is 1.84 bits per heavy atom. The van der Waals surface area contributed by atoms with E-state index < -0.39 is 5.82 Å². The number of anilines is 1. The number of halogens is 1. The molecule has 0 bridgehead atoms. The van der Waals surface area contributed by atoms with Crippen LogP contribution in [-0.4, -0.2) is 61.0 Å². The first-order valence-electron chi connectivity index (χ1n) is 12.9. The molecule has 2 atom stereocenters. The standard InChI is InChI=1S/C27H31FN8O/c1-15-13-36-24(32-26(15)34-9-7-19(29)14-34)12-21(33-36)23-6-4-5-8-35(23)27(37)20-10-18(28)11-22-25(20)31-17(3)16(2)30-22/h10-13,19,23H,4-9,14,29H2,1-3H3/t19-,23-/m0/s1. The minimum atomic E-state index is -0.497. The lowest BCUT2D eigenvalue weighted by atomic mass is 9.97. The van der Waals surface area contributed by atoms with Gasteiger partial charge in [-0.3, -0.25) is 4.79 Å². The van der Waals surface area contributed by atoms with Crippen molar-refractivity contribution in [3.05, 3.63) is 58.4 Å². The topological polar surface area (TPSA) is 106 Å². The summed E-state index contributed by atoms with van der Waals surface area (Å²) in [5.41, 5.74) is 11.2. The maximum absolute atomic E-state index is 14.6. The molecule has 1 amide bonds. The first kappa shape index (κ1) is 23.7. The summed E-state index contributed by atoms with van der Waals surface area (Å²) in [4.78, 5) is 31.9. The molecule has 2 aliphatic heterocycles. The quantitative estimate of drug-likeness (QED) is 0.456. The van der Waals surface area contributed by atoms with Crippen LogP contribution in [0, 0.1) is 26.6 Å². The summed E-state index contributed by atoms with van der Waals surface area (Å²) in [6.07, 6.45) is 5.57. The van der Waals surface area contributed by atoms with E-state index in [9.17, 15) is 9.18 Å². The van der Waals surface area contributed by atoms with Crippen molar-refractivity contribution < 1.29 is 9.18 Å². The summed E-state index contributed by atoms with van der Waals surface area (Å²) in [7, 11) is 0. The van der Waals surface area contributed by atoms with E-state index in [0.717, 1.165) is 72.9 Å². The summed E-state index contributed by atoms with van der Waals surface area (Å²) in [5, 5.41) is 4.83. The molecule has 9 nitrogen and oxygen atoms in total. The number of benzene rings is 1. The van der Waals surface area contributed by atoms with E-state index in [1.54, 1.807) is 4.52 Å². The number of nitrogens with two attached hydrogens (primary N) is 1. The predicted molar refractivity (Wildman–Crippen MR) is 139 cm³/mol. The van der Waals surface area contributed by atoms with E-state index in [1.807, 2.05) is 37.9 Å². The molecule has 2 saturated heterocycles. The van der Waals surface area contributed by atoms with Gasteiger partial charge < -0.3 is 15.5 Å². The third kappa shape index (κ3) is 4.19. The van der Waals surface area contributed by atoms with Crippen molar-refractivity contribution in [2.24, 2.45) is 5.73 Å². The van der Waals surface area contributed by atoms with Crippen LogP contribution in [0.25, 0.3) is 16.7 Å². The van der Waals surface area contributed by atoms with Crippen molar-refractivity contribution in [3.8, 4) is 0 Å². The maximum Gasteiger partial charge on any atom is 0.256 e. The van der Waals surface area contributed by atoms with Crippen LogP contribution in [0.3, 0.4) is 0 Å². The Bertz CT molecular complexity index is 1530. The zero-order chi connectivity index (χ0) is 25.8. The number of piperidine rings is 1. The Labute approximate surface area is 214 Å². The summed E-state index contributed by atoms with van der Waals surface area (Å²) in [6, 6.07) is 4.51. The average Bonchev–Trinajstić information content (AvgIpc) is 3.49. The molecule has 5 heterocycles. The van der Waals surface area contributed by atoms with Crippen LogP contribution in [0.1, 0.15) is 64.7 Å². The number of aryl methyl sites for hydroxylation is 3. The number of nitrogens with zero attached hydrogens (tertiary/aromatic N) is 7. The second kappa shape index (κ2) is 9.02. The summed E-state index contributed by atoms with van der Waals surface area (Å²) in [6.45, 7) is 7.95. The second-order valence-electron chi connectivity index (χ2n) is 10.3. The molecule has 2 aliphatic rings. The van der Waals surface area contributed by atoms with Crippen LogP contribution in [0.15, 0.2) is 24.4 Å². The third-order valence-electron chi connectivity index (χ3n) is 7.63. The molecule has 2 fully saturated rings. The van der Waals surface area contributed by atoms with E-state index in [1.165, 1.54) is 12.1 Å². The Hall–Kier alpha value is -3.66. The number of hydrogen-bond acceptors (Lipinski definition) is 7. The number of aromatic nitrogens is 5. The first-order chi connectivity index (χ1) is 17.8. The van der Waals surface area contributed by atoms with E-state index in [4.69, 9.17) is 15.8 Å². The Morgan fingerprint density at radius 1 is 1.03 bits per heavy atom. The molecule has 6 rings (SSSR count). The molecule has 0 spiro atoms. The van der Waals surface area contributed by atoms with Crippen LogP contribution in [0.2, 0.25) is 0 Å². The Kier molecular flexibility index (Phi) is 5.78. The zero-order valence-electron chi connectivity index (χ0n) is 21.4. The Morgan fingerprint density at radius 3 is 2.62 bits per heavy atom. The highest BCUT2D eigenvalue weighted by Crippen LogP contribution is 2.34. The van der Waals surface area contributed by atoms with E-state index in [0.29, 0.717) is 17.6 Å².